The molecular weight excluding hydrogens is 435 g/mol. The molecule has 9 heteroatoms. The summed E-state index contributed by atoms with van der Waals surface area (Å²) in [7, 11) is 1.91. The number of carbonyl (C=O) groups excluding carboxylic acids is 2. The lowest BCUT2D eigenvalue weighted by Gasteiger charge is -2.20. The summed E-state index contributed by atoms with van der Waals surface area (Å²) in [5, 5.41) is 13.3. The minimum Gasteiger partial charge on any atom is -0.372 e. The number of nitrogens with one attached hydrogen (secondary N) is 3. The third kappa shape index (κ3) is 4.50. The van der Waals surface area contributed by atoms with Crippen molar-refractivity contribution in [3.8, 4) is 0 Å². The van der Waals surface area contributed by atoms with Gasteiger partial charge in [0.05, 0.1) is 28.2 Å². The van der Waals surface area contributed by atoms with Crippen molar-refractivity contribution in [1.82, 2.24) is 25.1 Å². The molecule has 0 saturated heterocycles. The van der Waals surface area contributed by atoms with Gasteiger partial charge in [0, 0.05) is 26.7 Å². The van der Waals surface area contributed by atoms with Crippen molar-refractivity contribution in [2.45, 2.75) is 32.4 Å². The van der Waals surface area contributed by atoms with Crippen LogP contribution in [-0.4, -0.2) is 51.9 Å². The van der Waals surface area contributed by atoms with Crippen LogP contribution >= 0.6 is 0 Å². The van der Waals surface area contributed by atoms with E-state index in [0.717, 1.165) is 16.6 Å². The molecular formula is C25H29FN6O2. The molecule has 4 rings (SSSR count). The summed E-state index contributed by atoms with van der Waals surface area (Å²) in [5.74, 6) is 0.0764. The summed E-state index contributed by atoms with van der Waals surface area (Å²) in [6.07, 6.45) is 1.12. The molecule has 0 bridgehead atoms. The number of amides is 2. The Bertz CT molecular complexity index is 1240. The highest BCUT2D eigenvalue weighted by atomic mass is 19.1. The molecule has 0 fully saturated rings. The third-order valence-electron chi connectivity index (χ3n) is 6.22. The Hall–Kier alpha value is -3.75. The second-order valence-corrected chi connectivity index (χ2v) is 8.38. The monoisotopic (exact) mass is 464 g/mol. The summed E-state index contributed by atoms with van der Waals surface area (Å²) in [5.41, 5.74) is 3.45. The van der Waals surface area contributed by atoms with Gasteiger partial charge in [0.1, 0.15) is 18.3 Å². The minimum absolute atomic E-state index is 0.128. The standard InChI is InChI=1S/C25H29FN6O2/c1-3-32-15-16-8-6-9-17(22(16)25(32)34)24(33)30-19(11-7-13-28-21(27)14-26)23-29-18-10-4-5-12-20(18)31(23)2/h4-6,8-10,12,19H,3,7,11,13-15H2,1-2H3,(H2,27,28)(H,30,33)/t19-/m0/s1. The number of nitrogens with zero attached hydrogens (tertiary/aromatic N) is 3. The van der Waals surface area contributed by atoms with E-state index < -0.39 is 12.7 Å². The topological polar surface area (TPSA) is 103 Å². The largest absolute Gasteiger partial charge is 0.372 e. The van der Waals surface area contributed by atoms with Crippen LogP contribution in [0.25, 0.3) is 11.0 Å². The number of alkyl halides is 1. The molecule has 34 heavy (non-hydrogen) atoms. The maximum atomic E-state index is 13.4. The highest BCUT2D eigenvalue weighted by Crippen LogP contribution is 2.28. The zero-order chi connectivity index (χ0) is 24.2. The normalized spacial score (nSPS) is 13.7. The Morgan fingerprint density at radius 3 is 2.76 bits per heavy atom. The molecule has 3 aromatic rings. The van der Waals surface area contributed by atoms with Crippen molar-refractivity contribution in [3.63, 3.8) is 0 Å². The fraction of sp³-hybridized carbons (Fsp3) is 0.360. The van der Waals surface area contributed by atoms with E-state index in [1.54, 1.807) is 17.0 Å². The summed E-state index contributed by atoms with van der Waals surface area (Å²) >= 11 is 0. The van der Waals surface area contributed by atoms with Crippen molar-refractivity contribution >= 4 is 28.7 Å². The quantitative estimate of drug-likeness (QED) is 0.257. The van der Waals surface area contributed by atoms with Gasteiger partial charge in [-0.25, -0.2) is 9.37 Å². The predicted molar refractivity (Wildman–Crippen MR) is 129 cm³/mol. The van der Waals surface area contributed by atoms with Gasteiger partial charge in [-0.15, -0.1) is 0 Å². The number of amidine groups is 1. The molecule has 0 aliphatic carbocycles. The number of rotatable bonds is 9. The zero-order valence-corrected chi connectivity index (χ0v) is 19.4. The SMILES string of the molecule is CCN1Cc2cccc(C(=O)N[C@@H](CCCNC(=N)CF)c3nc4ccccc4n3C)c2C1=O. The summed E-state index contributed by atoms with van der Waals surface area (Å²) < 4.78 is 14.5. The fourth-order valence-corrected chi connectivity index (χ4v) is 4.43. The van der Waals surface area contributed by atoms with Crippen LogP contribution in [0.2, 0.25) is 0 Å². The van der Waals surface area contributed by atoms with Crippen molar-refractivity contribution < 1.29 is 14.0 Å². The first-order valence-corrected chi connectivity index (χ1v) is 11.4. The first kappa shape index (κ1) is 23.4. The van der Waals surface area contributed by atoms with Gasteiger partial charge in [-0.05, 0) is 43.5 Å². The number of imidazole rings is 1. The molecule has 2 amide bonds. The molecule has 178 valence electrons. The van der Waals surface area contributed by atoms with Crippen molar-refractivity contribution in [3.05, 3.63) is 65.0 Å². The number of hydrogen-bond acceptors (Lipinski definition) is 4. The van der Waals surface area contributed by atoms with Gasteiger partial charge >= 0.3 is 0 Å². The smallest absolute Gasteiger partial charge is 0.255 e. The molecule has 8 nitrogen and oxygen atoms in total. The Morgan fingerprint density at radius 1 is 1.24 bits per heavy atom. The third-order valence-corrected chi connectivity index (χ3v) is 6.22. The van der Waals surface area contributed by atoms with Gasteiger partial charge in [0.2, 0.25) is 0 Å². The van der Waals surface area contributed by atoms with Crippen LogP contribution in [0, 0.1) is 5.41 Å². The fourth-order valence-electron chi connectivity index (χ4n) is 4.43. The lowest BCUT2D eigenvalue weighted by atomic mass is 10.0. The Kier molecular flexibility index (Phi) is 6.90. The molecule has 1 aromatic heterocycles. The lowest BCUT2D eigenvalue weighted by molar-refractivity contribution is 0.0780. The van der Waals surface area contributed by atoms with Crippen LogP contribution in [0.4, 0.5) is 4.39 Å². The Balaban J connectivity index is 1.61. The van der Waals surface area contributed by atoms with E-state index >= 15 is 0 Å². The Morgan fingerprint density at radius 2 is 2.03 bits per heavy atom. The van der Waals surface area contributed by atoms with Crippen LogP contribution in [0.5, 0.6) is 0 Å². The van der Waals surface area contributed by atoms with E-state index in [2.05, 4.69) is 10.6 Å². The van der Waals surface area contributed by atoms with Crippen molar-refractivity contribution in [2.24, 2.45) is 7.05 Å². The van der Waals surface area contributed by atoms with Gasteiger partial charge in [0.25, 0.3) is 11.8 Å². The average molecular weight is 465 g/mol. The second-order valence-electron chi connectivity index (χ2n) is 8.38. The lowest BCUT2D eigenvalue weighted by Crippen LogP contribution is -2.33. The van der Waals surface area contributed by atoms with Crippen LogP contribution in [0.1, 0.15) is 57.9 Å². The molecule has 2 aromatic carbocycles. The summed E-state index contributed by atoms with van der Waals surface area (Å²) in [6.45, 7) is 2.57. The Labute approximate surface area is 197 Å². The van der Waals surface area contributed by atoms with Gasteiger partial charge in [-0.2, -0.15) is 0 Å². The summed E-state index contributed by atoms with van der Waals surface area (Å²) in [4.78, 5) is 32.7. The predicted octanol–water partition coefficient (Wildman–Crippen LogP) is 3.34. The van der Waals surface area contributed by atoms with Crippen LogP contribution < -0.4 is 10.6 Å². The van der Waals surface area contributed by atoms with E-state index in [0.29, 0.717) is 49.4 Å². The molecule has 0 unspecified atom stereocenters. The maximum Gasteiger partial charge on any atom is 0.255 e. The van der Waals surface area contributed by atoms with E-state index in [1.807, 2.05) is 48.9 Å². The van der Waals surface area contributed by atoms with Gasteiger partial charge in [-0.1, -0.05) is 24.3 Å². The number of carbonyl (C=O) groups is 2. The van der Waals surface area contributed by atoms with Gasteiger partial charge < -0.3 is 20.1 Å². The molecule has 2 heterocycles. The van der Waals surface area contributed by atoms with Crippen LogP contribution in [-0.2, 0) is 13.6 Å². The van der Waals surface area contributed by atoms with Crippen molar-refractivity contribution in [2.75, 3.05) is 19.8 Å². The second kappa shape index (κ2) is 10.0. The molecule has 0 radical (unpaired) electrons. The maximum absolute atomic E-state index is 13.4. The van der Waals surface area contributed by atoms with Crippen LogP contribution in [0.15, 0.2) is 42.5 Å². The van der Waals surface area contributed by atoms with Gasteiger partial charge in [0.15, 0.2) is 0 Å². The molecule has 1 aliphatic rings. The first-order valence-electron chi connectivity index (χ1n) is 11.4. The number of hydrogen-bond donors (Lipinski definition) is 3. The number of benzene rings is 2. The minimum atomic E-state index is -0.840. The van der Waals surface area contributed by atoms with E-state index in [1.165, 1.54) is 0 Å². The van der Waals surface area contributed by atoms with E-state index in [-0.39, 0.29) is 17.6 Å². The number of aromatic nitrogens is 2. The van der Waals surface area contributed by atoms with E-state index in [4.69, 9.17) is 10.4 Å². The zero-order valence-electron chi connectivity index (χ0n) is 19.4. The molecule has 3 N–H and O–H groups in total. The number of fused-ring (bicyclic) bond motifs is 2. The van der Waals surface area contributed by atoms with E-state index in [9.17, 15) is 14.0 Å². The highest BCUT2D eigenvalue weighted by molar-refractivity contribution is 6.09. The summed E-state index contributed by atoms with van der Waals surface area (Å²) in [6, 6.07) is 12.7. The molecule has 1 atom stereocenters. The van der Waals surface area contributed by atoms with Gasteiger partial charge in [-0.3, -0.25) is 15.0 Å². The molecule has 1 aliphatic heterocycles. The highest BCUT2D eigenvalue weighted by Gasteiger charge is 2.32. The van der Waals surface area contributed by atoms with Crippen LogP contribution in [0.3, 0.4) is 0 Å². The molecule has 0 saturated carbocycles. The number of aryl methyl sites for hydroxylation is 1. The number of para-hydroxylation sites is 2. The first-order chi connectivity index (χ1) is 16.4. The van der Waals surface area contributed by atoms with Crippen molar-refractivity contribution in [1.29, 1.82) is 5.41 Å². The molecule has 0 spiro atoms. The average Bonchev–Trinajstić information content (AvgIpc) is 3.37. The number of halogens is 1.